The molecule has 0 aromatic carbocycles. The number of aliphatic hydroxyl groups is 2. The first-order valence-electron chi connectivity index (χ1n) is 7.37. The van der Waals surface area contributed by atoms with E-state index in [0.29, 0.717) is 6.42 Å². The third-order valence-electron chi connectivity index (χ3n) is 3.60. The zero-order valence-corrected chi connectivity index (χ0v) is 12.7. The van der Waals surface area contributed by atoms with Crippen LogP contribution in [0.5, 0.6) is 0 Å². The number of rotatable bonds is 6. The predicted molar refractivity (Wildman–Crippen MR) is 71.2 cm³/mol. The van der Waals surface area contributed by atoms with Crippen LogP contribution in [-0.4, -0.2) is 59.3 Å². The minimum atomic E-state index is -1.12. The van der Waals surface area contributed by atoms with Gasteiger partial charge in [0.2, 0.25) is 6.29 Å². The Bertz CT molecular complexity index is 370. The molecule has 2 unspecified atom stereocenters. The van der Waals surface area contributed by atoms with Crippen molar-refractivity contribution in [1.29, 1.82) is 0 Å². The number of hydrogen-bond donors (Lipinski definition) is 2. The van der Waals surface area contributed by atoms with Gasteiger partial charge in [0.1, 0.15) is 18.3 Å². The smallest absolute Gasteiger partial charge is 0.308 e. The van der Waals surface area contributed by atoms with E-state index in [2.05, 4.69) is 0 Å². The summed E-state index contributed by atoms with van der Waals surface area (Å²) >= 11 is 0. The van der Waals surface area contributed by atoms with Crippen LogP contribution in [0.2, 0.25) is 0 Å². The number of aliphatic hydroxyl groups excluding tert-OH is 2. The summed E-state index contributed by atoms with van der Waals surface area (Å²) in [6.07, 6.45) is -2.06. The fourth-order valence-corrected chi connectivity index (χ4v) is 2.61. The van der Waals surface area contributed by atoms with Gasteiger partial charge in [0.25, 0.3) is 0 Å². The first-order chi connectivity index (χ1) is 9.88. The lowest BCUT2D eigenvalue weighted by Crippen LogP contribution is -2.40. The molecule has 2 rings (SSSR count). The molecule has 5 atom stereocenters. The largest absolute Gasteiger partial charge is 0.433 e. The van der Waals surface area contributed by atoms with Gasteiger partial charge in [-0.2, -0.15) is 0 Å². The number of unbranched alkanes of at least 4 members (excludes halogenated alkanes) is 1. The minimum Gasteiger partial charge on any atom is -0.433 e. The lowest BCUT2D eigenvalue weighted by atomic mass is 10.1. The fraction of sp³-hybridized carbons (Fsp3) is 0.929. The summed E-state index contributed by atoms with van der Waals surface area (Å²) in [4.78, 5) is 11.7. The molecule has 21 heavy (non-hydrogen) atoms. The molecule has 7 nitrogen and oxygen atoms in total. The molecule has 0 amide bonds. The van der Waals surface area contributed by atoms with Crippen molar-refractivity contribution in [2.45, 2.75) is 76.5 Å². The van der Waals surface area contributed by atoms with Crippen molar-refractivity contribution in [3.63, 3.8) is 0 Å². The van der Waals surface area contributed by atoms with Gasteiger partial charge in [-0.15, -0.1) is 0 Å². The zero-order chi connectivity index (χ0) is 15.6. The molecule has 0 radical (unpaired) electrons. The lowest BCUT2D eigenvalue weighted by molar-refractivity contribution is -0.241. The van der Waals surface area contributed by atoms with Crippen molar-refractivity contribution in [3.05, 3.63) is 0 Å². The molecule has 0 saturated carbocycles. The van der Waals surface area contributed by atoms with Gasteiger partial charge >= 0.3 is 5.97 Å². The highest BCUT2D eigenvalue weighted by atomic mass is 16.8. The number of esters is 1. The Labute approximate surface area is 124 Å². The van der Waals surface area contributed by atoms with Crippen molar-refractivity contribution in [1.82, 2.24) is 0 Å². The highest BCUT2D eigenvalue weighted by molar-refractivity contribution is 5.69. The molecule has 0 spiro atoms. The van der Waals surface area contributed by atoms with Gasteiger partial charge in [0, 0.05) is 6.42 Å². The Morgan fingerprint density at radius 3 is 2.62 bits per heavy atom. The normalized spacial score (nSPS) is 35.5. The Morgan fingerprint density at radius 2 is 2.00 bits per heavy atom. The summed E-state index contributed by atoms with van der Waals surface area (Å²) in [7, 11) is 0. The van der Waals surface area contributed by atoms with Gasteiger partial charge in [0.05, 0.1) is 6.61 Å². The summed E-state index contributed by atoms with van der Waals surface area (Å²) in [6.45, 7) is 5.00. The Kier molecular flexibility index (Phi) is 5.21. The van der Waals surface area contributed by atoms with E-state index < -0.39 is 43.1 Å². The van der Waals surface area contributed by atoms with E-state index >= 15 is 0 Å². The first kappa shape index (κ1) is 16.6. The molecule has 0 bridgehead atoms. The average Bonchev–Trinajstić information content (AvgIpc) is 2.90. The molecular formula is C14H24O7. The standard InChI is InChI=1S/C14H24O7/c1-4-5-6-9(17)18-13-12-11(20-14(2,3)21-12)10(19-13)8(16)7-15/h8,10-13,15-16H,4-7H2,1-3H3/t8?,10-,11-,12?,13+/m1/s1. The topological polar surface area (TPSA) is 94.5 Å². The van der Waals surface area contributed by atoms with Gasteiger partial charge < -0.3 is 29.2 Å². The maximum atomic E-state index is 11.7. The molecule has 2 N–H and O–H groups in total. The van der Waals surface area contributed by atoms with E-state index in [1.807, 2.05) is 6.92 Å². The highest BCUT2D eigenvalue weighted by Gasteiger charge is 2.58. The van der Waals surface area contributed by atoms with Gasteiger partial charge in [-0.1, -0.05) is 13.3 Å². The van der Waals surface area contributed by atoms with Crippen LogP contribution in [0, 0.1) is 0 Å². The fourth-order valence-electron chi connectivity index (χ4n) is 2.61. The second-order valence-electron chi connectivity index (χ2n) is 5.88. The molecule has 0 aromatic rings. The summed E-state index contributed by atoms with van der Waals surface area (Å²) in [5, 5.41) is 18.9. The van der Waals surface area contributed by atoms with Crippen LogP contribution in [0.15, 0.2) is 0 Å². The van der Waals surface area contributed by atoms with Crippen LogP contribution in [0.1, 0.15) is 40.0 Å². The van der Waals surface area contributed by atoms with Gasteiger partial charge in [-0.3, -0.25) is 4.79 Å². The highest BCUT2D eigenvalue weighted by Crippen LogP contribution is 2.40. The number of carbonyl (C=O) groups excluding carboxylic acids is 1. The molecule has 0 aliphatic carbocycles. The first-order valence-corrected chi connectivity index (χ1v) is 7.37. The Balaban J connectivity index is 2.03. The quantitative estimate of drug-likeness (QED) is 0.682. The lowest BCUT2D eigenvalue weighted by Gasteiger charge is -2.25. The van der Waals surface area contributed by atoms with E-state index in [1.165, 1.54) is 0 Å². The number of ether oxygens (including phenoxy) is 4. The Hall–Kier alpha value is -0.730. The summed E-state index contributed by atoms with van der Waals surface area (Å²) in [5.74, 6) is -1.21. The third kappa shape index (κ3) is 3.73. The van der Waals surface area contributed by atoms with Crippen molar-refractivity contribution in [2.24, 2.45) is 0 Å². The molecular weight excluding hydrogens is 280 g/mol. The van der Waals surface area contributed by atoms with Crippen LogP contribution in [0.25, 0.3) is 0 Å². The SMILES string of the molecule is CCCCC(=O)O[C@H]1O[C@H](C(O)CO)[C@H]2OC(C)(C)OC12. The minimum absolute atomic E-state index is 0.311. The monoisotopic (exact) mass is 304 g/mol. The summed E-state index contributed by atoms with van der Waals surface area (Å²) in [6, 6.07) is 0. The zero-order valence-electron chi connectivity index (χ0n) is 12.7. The van der Waals surface area contributed by atoms with Crippen molar-refractivity contribution in [3.8, 4) is 0 Å². The van der Waals surface area contributed by atoms with Crippen LogP contribution >= 0.6 is 0 Å². The van der Waals surface area contributed by atoms with Crippen molar-refractivity contribution >= 4 is 5.97 Å². The van der Waals surface area contributed by atoms with Gasteiger partial charge in [-0.25, -0.2) is 0 Å². The van der Waals surface area contributed by atoms with Gasteiger partial charge in [-0.05, 0) is 20.3 Å². The molecule has 122 valence electrons. The number of fused-ring (bicyclic) bond motifs is 1. The number of carbonyl (C=O) groups is 1. The summed E-state index contributed by atoms with van der Waals surface area (Å²) < 4.78 is 22.2. The molecule has 2 aliphatic heterocycles. The maximum Gasteiger partial charge on any atom is 0.308 e. The van der Waals surface area contributed by atoms with E-state index in [9.17, 15) is 9.90 Å². The van der Waals surface area contributed by atoms with E-state index in [0.717, 1.165) is 12.8 Å². The third-order valence-corrected chi connectivity index (χ3v) is 3.60. The molecule has 2 saturated heterocycles. The van der Waals surface area contributed by atoms with Crippen LogP contribution < -0.4 is 0 Å². The van der Waals surface area contributed by atoms with Crippen molar-refractivity contribution < 1.29 is 34.0 Å². The second-order valence-corrected chi connectivity index (χ2v) is 5.88. The van der Waals surface area contributed by atoms with E-state index in [4.69, 9.17) is 24.1 Å². The van der Waals surface area contributed by atoms with Gasteiger partial charge in [0.15, 0.2) is 11.9 Å². The molecule has 0 aromatic heterocycles. The van der Waals surface area contributed by atoms with E-state index in [-0.39, 0.29) is 5.97 Å². The molecule has 2 fully saturated rings. The predicted octanol–water partition coefficient (Wildman–Crippen LogP) is 0.318. The summed E-state index contributed by atoms with van der Waals surface area (Å²) in [5.41, 5.74) is 0. The molecule has 7 heteroatoms. The van der Waals surface area contributed by atoms with Crippen LogP contribution in [0.3, 0.4) is 0 Å². The maximum absolute atomic E-state index is 11.7. The second kappa shape index (κ2) is 6.58. The van der Waals surface area contributed by atoms with E-state index in [1.54, 1.807) is 13.8 Å². The molecule has 2 heterocycles. The Morgan fingerprint density at radius 1 is 1.33 bits per heavy atom. The molecule has 2 aliphatic rings. The number of hydrogen-bond acceptors (Lipinski definition) is 7. The average molecular weight is 304 g/mol. The van der Waals surface area contributed by atoms with Crippen LogP contribution in [-0.2, 0) is 23.7 Å². The van der Waals surface area contributed by atoms with Crippen LogP contribution in [0.4, 0.5) is 0 Å². The van der Waals surface area contributed by atoms with Crippen molar-refractivity contribution in [2.75, 3.05) is 6.61 Å².